The minimum absolute atomic E-state index is 0.849. The highest BCUT2D eigenvalue weighted by Gasteiger charge is 2.05. The van der Waals surface area contributed by atoms with Gasteiger partial charge in [-0.1, -0.05) is 0 Å². The molecule has 0 N–H and O–H groups in total. The zero-order valence-corrected chi connectivity index (χ0v) is 10.3. The summed E-state index contributed by atoms with van der Waals surface area (Å²) in [4.78, 5) is 10.5. The van der Waals surface area contributed by atoms with Crippen LogP contribution in [0.3, 0.4) is 0 Å². The van der Waals surface area contributed by atoms with Crippen LogP contribution < -0.4 is 4.90 Å². The smallest absolute Gasteiger partial charge is 0.204 e. The molecule has 0 aliphatic carbocycles. The Morgan fingerprint density at radius 2 is 2.38 bits per heavy atom. The van der Waals surface area contributed by atoms with Gasteiger partial charge in [0, 0.05) is 44.1 Å². The third kappa shape index (κ3) is 2.79. The first-order chi connectivity index (χ1) is 7.75. The van der Waals surface area contributed by atoms with Crippen LogP contribution in [0.1, 0.15) is 12.2 Å². The Morgan fingerprint density at radius 1 is 1.50 bits per heavy atom. The molecule has 0 spiro atoms. The minimum Gasteiger partial charge on any atom is -0.350 e. The van der Waals surface area contributed by atoms with E-state index in [9.17, 15) is 0 Å². The van der Waals surface area contributed by atoms with Gasteiger partial charge in [-0.2, -0.15) is 4.37 Å². The Hall–Kier alpha value is -1.43. The first-order valence-electron chi connectivity index (χ1n) is 5.23. The molecule has 16 heavy (non-hydrogen) atoms. The summed E-state index contributed by atoms with van der Waals surface area (Å²) in [5.74, 6) is 0.849. The molecule has 2 aromatic rings. The van der Waals surface area contributed by atoms with Gasteiger partial charge in [0.15, 0.2) is 0 Å². The highest BCUT2D eigenvalue weighted by Crippen LogP contribution is 2.15. The lowest BCUT2D eigenvalue weighted by Crippen LogP contribution is -2.19. The van der Waals surface area contributed by atoms with E-state index in [4.69, 9.17) is 0 Å². The number of rotatable bonds is 5. The average molecular weight is 237 g/mol. The number of hydrogen-bond donors (Lipinski definition) is 0. The summed E-state index contributed by atoms with van der Waals surface area (Å²) < 4.78 is 6.25. The fourth-order valence-electron chi connectivity index (χ4n) is 1.45. The molecule has 0 saturated carbocycles. The Morgan fingerprint density at radius 3 is 3.00 bits per heavy atom. The summed E-state index contributed by atoms with van der Waals surface area (Å²) in [6.07, 6.45) is 6.70. The van der Waals surface area contributed by atoms with Gasteiger partial charge in [0.25, 0.3) is 0 Å². The Kier molecular flexibility index (Phi) is 3.51. The van der Waals surface area contributed by atoms with E-state index in [2.05, 4.69) is 23.8 Å². The lowest BCUT2D eigenvalue weighted by molar-refractivity contribution is 0.637. The van der Waals surface area contributed by atoms with Gasteiger partial charge < -0.3 is 9.47 Å². The Bertz CT molecular complexity index is 422. The maximum Gasteiger partial charge on any atom is 0.204 e. The minimum atomic E-state index is 0.849. The molecule has 0 fully saturated rings. The van der Waals surface area contributed by atoms with E-state index in [1.807, 2.05) is 26.5 Å². The van der Waals surface area contributed by atoms with Gasteiger partial charge in [-0.15, -0.1) is 0 Å². The number of imidazole rings is 1. The molecule has 0 aliphatic heterocycles. The summed E-state index contributed by atoms with van der Waals surface area (Å²) in [7, 11) is 2.05. The van der Waals surface area contributed by atoms with Gasteiger partial charge in [-0.25, -0.2) is 9.97 Å². The van der Waals surface area contributed by atoms with Crippen molar-refractivity contribution in [3.63, 3.8) is 0 Å². The van der Waals surface area contributed by atoms with Gasteiger partial charge in [0.05, 0.1) is 6.33 Å². The maximum absolute atomic E-state index is 4.34. The van der Waals surface area contributed by atoms with E-state index in [1.54, 1.807) is 6.20 Å². The van der Waals surface area contributed by atoms with Crippen molar-refractivity contribution < 1.29 is 0 Å². The van der Waals surface area contributed by atoms with E-state index in [0.29, 0.717) is 0 Å². The lowest BCUT2D eigenvalue weighted by Gasteiger charge is -2.14. The molecule has 0 unspecified atom stereocenters. The zero-order valence-electron chi connectivity index (χ0n) is 9.50. The van der Waals surface area contributed by atoms with E-state index in [-0.39, 0.29) is 0 Å². The van der Waals surface area contributed by atoms with Gasteiger partial charge in [0.2, 0.25) is 5.13 Å². The standard InChI is InChI=1S/C10H15N5S/c1-9-12-10(16-13-9)14(2)5-3-6-15-7-4-11-8-15/h4,7-8H,3,5-6H2,1-2H3. The van der Waals surface area contributed by atoms with Gasteiger partial charge in [-0.05, 0) is 13.3 Å². The predicted octanol–water partition coefficient (Wildman–Crippen LogP) is 1.57. The first-order valence-corrected chi connectivity index (χ1v) is 6.00. The van der Waals surface area contributed by atoms with Crippen molar-refractivity contribution in [2.45, 2.75) is 19.9 Å². The first kappa shape index (κ1) is 11.1. The van der Waals surface area contributed by atoms with Gasteiger partial charge >= 0.3 is 0 Å². The van der Waals surface area contributed by atoms with Crippen LogP contribution in [0.2, 0.25) is 0 Å². The SMILES string of the molecule is Cc1nsc(N(C)CCCn2ccnc2)n1. The van der Waals surface area contributed by atoms with Crippen molar-refractivity contribution in [1.29, 1.82) is 0 Å². The summed E-state index contributed by atoms with van der Waals surface area (Å²) in [6, 6.07) is 0. The third-order valence-electron chi connectivity index (χ3n) is 2.31. The predicted molar refractivity (Wildman–Crippen MR) is 64.8 cm³/mol. The number of aromatic nitrogens is 4. The van der Waals surface area contributed by atoms with Crippen molar-refractivity contribution in [3.05, 3.63) is 24.5 Å². The highest BCUT2D eigenvalue weighted by atomic mass is 32.1. The second kappa shape index (κ2) is 5.07. The van der Waals surface area contributed by atoms with E-state index in [1.165, 1.54) is 11.5 Å². The molecule has 2 heterocycles. The molecular weight excluding hydrogens is 222 g/mol. The molecule has 2 rings (SSSR count). The van der Waals surface area contributed by atoms with E-state index < -0.39 is 0 Å². The molecule has 0 amide bonds. The van der Waals surface area contributed by atoms with Crippen molar-refractivity contribution in [2.75, 3.05) is 18.5 Å². The van der Waals surface area contributed by atoms with Crippen LogP contribution in [0.4, 0.5) is 5.13 Å². The second-order valence-electron chi connectivity index (χ2n) is 3.70. The monoisotopic (exact) mass is 237 g/mol. The van der Waals surface area contributed by atoms with Crippen molar-refractivity contribution in [3.8, 4) is 0 Å². The molecule has 2 aromatic heterocycles. The summed E-state index contributed by atoms with van der Waals surface area (Å²) in [6.45, 7) is 3.88. The molecule has 0 saturated heterocycles. The molecule has 0 aliphatic rings. The normalized spacial score (nSPS) is 10.6. The van der Waals surface area contributed by atoms with Crippen molar-refractivity contribution in [1.82, 2.24) is 18.9 Å². The molecule has 0 radical (unpaired) electrons. The van der Waals surface area contributed by atoms with Crippen LogP contribution in [-0.2, 0) is 6.54 Å². The molecule has 86 valence electrons. The number of anilines is 1. The van der Waals surface area contributed by atoms with Crippen LogP contribution in [-0.4, -0.2) is 32.5 Å². The fourth-order valence-corrected chi connectivity index (χ4v) is 2.10. The molecule has 6 heteroatoms. The second-order valence-corrected chi connectivity index (χ2v) is 4.43. The Labute approximate surface area is 98.9 Å². The molecule has 0 bridgehead atoms. The van der Waals surface area contributed by atoms with Crippen LogP contribution in [0, 0.1) is 6.92 Å². The van der Waals surface area contributed by atoms with Crippen LogP contribution >= 0.6 is 11.5 Å². The number of hydrogen-bond acceptors (Lipinski definition) is 5. The van der Waals surface area contributed by atoms with Crippen molar-refractivity contribution >= 4 is 16.7 Å². The Balaban J connectivity index is 1.78. The van der Waals surface area contributed by atoms with E-state index >= 15 is 0 Å². The average Bonchev–Trinajstić information content (AvgIpc) is 2.89. The summed E-state index contributed by atoms with van der Waals surface area (Å²) in [5.41, 5.74) is 0. The summed E-state index contributed by atoms with van der Waals surface area (Å²) in [5, 5.41) is 0.989. The van der Waals surface area contributed by atoms with E-state index in [0.717, 1.165) is 30.5 Å². The summed E-state index contributed by atoms with van der Waals surface area (Å²) >= 11 is 1.45. The lowest BCUT2D eigenvalue weighted by atomic mass is 10.4. The van der Waals surface area contributed by atoms with Crippen LogP contribution in [0.25, 0.3) is 0 Å². The quantitative estimate of drug-likeness (QED) is 0.792. The molecule has 5 nitrogen and oxygen atoms in total. The zero-order chi connectivity index (χ0) is 11.4. The van der Waals surface area contributed by atoms with Crippen LogP contribution in [0.5, 0.6) is 0 Å². The van der Waals surface area contributed by atoms with Gasteiger partial charge in [0.1, 0.15) is 5.82 Å². The number of aryl methyl sites for hydroxylation is 2. The van der Waals surface area contributed by atoms with Crippen LogP contribution in [0.15, 0.2) is 18.7 Å². The number of nitrogens with zero attached hydrogens (tertiary/aromatic N) is 5. The third-order valence-corrected chi connectivity index (χ3v) is 3.23. The molecule has 0 atom stereocenters. The molecule has 0 aromatic carbocycles. The largest absolute Gasteiger partial charge is 0.350 e. The maximum atomic E-state index is 4.34. The molecular formula is C10H15N5S. The fraction of sp³-hybridized carbons (Fsp3) is 0.500. The highest BCUT2D eigenvalue weighted by molar-refractivity contribution is 7.09. The topological polar surface area (TPSA) is 46.8 Å². The van der Waals surface area contributed by atoms with Crippen molar-refractivity contribution in [2.24, 2.45) is 0 Å². The van der Waals surface area contributed by atoms with Gasteiger partial charge in [-0.3, -0.25) is 0 Å².